The molecule has 2 aromatic rings. The molecule has 0 saturated heterocycles. The van der Waals surface area contributed by atoms with Crippen LogP contribution in [0.4, 0.5) is 0 Å². The van der Waals surface area contributed by atoms with E-state index in [2.05, 4.69) is 26.2 Å². The van der Waals surface area contributed by atoms with Gasteiger partial charge in [-0.15, -0.1) is 11.3 Å². The summed E-state index contributed by atoms with van der Waals surface area (Å²) >= 11 is 4.35. The van der Waals surface area contributed by atoms with Gasteiger partial charge in [0.2, 0.25) is 0 Å². The highest BCUT2D eigenvalue weighted by atomic mass is 79.9. The van der Waals surface area contributed by atoms with Crippen molar-refractivity contribution in [2.45, 2.75) is 13.0 Å². The van der Waals surface area contributed by atoms with Crippen molar-refractivity contribution in [1.82, 2.24) is 10.3 Å². The average molecular weight is 371 g/mol. The number of rotatable bonds is 4. The fourth-order valence-corrected chi connectivity index (χ4v) is 2.77. The van der Waals surface area contributed by atoms with Crippen molar-refractivity contribution in [2.75, 3.05) is 0 Å². The third-order valence-corrected chi connectivity index (χ3v) is 4.18. The number of thiazole rings is 1. The number of benzene rings is 1. The minimum atomic E-state index is -1.11. The number of aromatic carboxylic acids is 1. The zero-order chi connectivity index (χ0) is 15.6. The quantitative estimate of drug-likeness (QED) is 0.768. The summed E-state index contributed by atoms with van der Waals surface area (Å²) in [6, 6.07) is 4.10. The van der Waals surface area contributed by atoms with Gasteiger partial charge in [0.25, 0.3) is 5.91 Å². The maximum absolute atomic E-state index is 12.1. The first-order valence-corrected chi connectivity index (χ1v) is 7.54. The predicted molar refractivity (Wildman–Crippen MR) is 80.8 cm³/mol. The molecule has 0 spiro atoms. The van der Waals surface area contributed by atoms with Crippen molar-refractivity contribution in [1.29, 1.82) is 0 Å². The lowest BCUT2D eigenvalue weighted by atomic mass is 10.2. The number of phenols is 1. The molecule has 3 N–H and O–H groups in total. The molecule has 21 heavy (non-hydrogen) atoms. The van der Waals surface area contributed by atoms with Gasteiger partial charge < -0.3 is 15.5 Å². The van der Waals surface area contributed by atoms with E-state index in [4.69, 9.17) is 5.11 Å². The van der Waals surface area contributed by atoms with Crippen LogP contribution >= 0.6 is 27.3 Å². The fourth-order valence-electron chi connectivity index (χ4n) is 1.62. The van der Waals surface area contributed by atoms with Crippen LogP contribution in [0, 0.1) is 0 Å². The standard InChI is InChI=1S/C13H11BrN2O4S/c1-6(12-16-9(5-21-12)13(19)20)15-11(18)8-3-2-7(14)4-10(8)17/h2-6,17H,1H3,(H,15,18)(H,19,20). The Kier molecular flexibility index (Phi) is 4.59. The second kappa shape index (κ2) is 6.23. The van der Waals surface area contributed by atoms with Crippen LogP contribution in [0.3, 0.4) is 0 Å². The zero-order valence-electron chi connectivity index (χ0n) is 10.8. The monoisotopic (exact) mass is 370 g/mol. The fraction of sp³-hybridized carbons (Fsp3) is 0.154. The molecule has 0 fully saturated rings. The second-order valence-corrected chi connectivity index (χ2v) is 6.04. The van der Waals surface area contributed by atoms with Gasteiger partial charge in [-0.1, -0.05) is 15.9 Å². The third kappa shape index (κ3) is 3.59. The number of carboxylic acids is 1. The topological polar surface area (TPSA) is 99.5 Å². The van der Waals surface area contributed by atoms with Crippen LogP contribution in [0.2, 0.25) is 0 Å². The third-order valence-electron chi connectivity index (χ3n) is 2.66. The summed E-state index contributed by atoms with van der Waals surface area (Å²) in [6.45, 7) is 1.69. The van der Waals surface area contributed by atoms with Gasteiger partial charge in [-0.2, -0.15) is 0 Å². The molecule has 110 valence electrons. The summed E-state index contributed by atoms with van der Waals surface area (Å²) in [5.74, 6) is -1.71. The number of aromatic hydroxyl groups is 1. The number of carbonyl (C=O) groups is 2. The van der Waals surface area contributed by atoms with Gasteiger partial charge in [0.1, 0.15) is 10.8 Å². The lowest BCUT2D eigenvalue weighted by molar-refractivity contribution is 0.0691. The Hall–Kier alpha value is -1.93. The summed E-state index contributed by atoms with van der Waals surface area (Å²) < 4.78 is 0.663. The van der Waals surface area contributed by atoms with Gasteiger partial charge in [0, 0.05) is 9.85 Å². The number of amides is 1. The van der Waals surface area contributed by atoms with Crippen LogP contribution in [0.15, 0.2) is 28.1 Å². The number of nitrogens with zero attached hydrogens (tertiary/aromatic N) is 1. The van der Waals surface area contributed by atoms with E-state index in [0.29, 0.717) is 9.48 Å². The maximum Gasteiger partial charge on any atom is 0.355 e. The van der Waals surface area contributed by atoms with E-state index in [1.54, 1.807) is 13.0 Å². The highest BCUT2D eigenvalue weighted by molar-refractivity contribution is 9.10. The molecule has 1 amide bonds. The number of phenolic OH excluding ortho intramolecular Hbond substituents is 1. The first kappa shape index (κ1) is 15.5. The molecule has 0 saturated carbocycles. The normalized spacial score (nSPS) is 11.9. The minimum Gasteiger partial charge on any atom is -0.507 e. The SMILES string of the molecule is CC(NC(=O)c1ccc(Br)cc1O)c1nc(C(=O)O)cs1. The molecular formula is C13H11BrN2O4S. The van der Waals surface area contributed by atoms with Crippen LogP contribution in [0.25, 0.3) is 0 Å². The Labute approximate surface area is 132 Å². The molecule has 0 aliphatic rings. The van der Waals surface area contributed by atoms with Gasteiger partial charge in [0.05, 0.1) is 11.6 Å². The molecule has 1 unspecified atom stereocenters. The highest BCUT2D eigenvalue weighted by Crippen LogP contribution is 2.24. The number of halogens is 1. The lowest BCUT2D eigenvalue weighted by Gasteiger charge is -2.12. The molecule has 2 rings (SSSR count). The Bertz CT molecular complexity index is 701. The van der Waals surface area contributed by atoms with E-state index in [1.165, 1.54) is 17.5 Å². The van der Waals surface area contributed by atoms with E-state index >= 15 is 0 Å². The molecule has 0 radical (unpaired) electrons. The van der Waals surface area contributed by atoms with Crippen molar-refractivity contribution < 1.29 is 19.8 Å². The number of hydrogen-bond donors (Lipinski definition) is 3. The van der Waals surface area contributed by atoms with Crippen LogP contribution < -0.4 is 5.32 Å². The molecular weight excluding hydrogens is 360 g/mol. The molecule has 1 atom stereocenters. The van der Waals surface area contributed by atoms with Gasteiger partial charge >= 0.3 is 5.97 Å². The first-order valence-electron chi connectivity index (χ1n) is 5.86. The Morgan fingerprint density at radius 2 is 2.14 bits per heavy atom. The van der Waals surface area contributed by atoms with Gasteiger partial charge in [-0.3, -0.25) is 4.79 Å². The Balaban J connectivity index is 2.12. The van der Waals surface area contributed by atoms with E-state index in [9.17, 15) is 14.7 Å². The molecule has 6 nitrogen and oxygen atoms in total. The van der Waals surface area contributed by atoms with Crippen molar-refractivity contribution >= 4 is 39.1 Å². The lowest BCUT2D eigenvalue weighted by Crippen LogP contribution is -2.26. The van der Waals surface area contributed by atoms with E-state index in [-0.39, 0.29) is 17.0 Å². The molecule has 1 heterocycles. The van der Waals surface area contributed by atoms with Crippen LogP contribution in [0.1, 0.15) is 38.8 Å². The first-order chi connectivity index (χ1) is 9.88. The Morgan fingerprint density at radius 1 is 1.43 bits per heavy atom. The largest absolute Gasteiger partial charge is 0.507 e. The van der Waals surface area contributed by atoms with Crippen molar-refractivity contribution in [3.05, 3.63) is 44.3 Å². The molecule has 0 bridgehead atoms. The molecule has 8 heteroatoms. The number of carboxylic acid groups (broad SMARTS) is 1. The number of hydrogen-bond acceptors (Lipinski definition) is 5. The molecule has 0 aliphatic carbocycles. The Morgan fingerprint density at radius 3 is 2.71 bits per heavy atom. The summed E-state index contributed by atoms with van der Waals surface area (Å²) in [7, 11) is 0. The van der Waals surface area contributed by atoms with Gasteiger partial charge in [0.15, 0.2) is 5.69 Å². The van der Waals surface area contributed by atoms with Crippen LogP contribution in [-0.4, -0.2) is 27.1 Å². The maximum atomic E-state index is 12.1. The number of nitrogens with one attached hydrogen (secondary N) is 1. The molecule has 1 aromatic heterocycles. The van der Waals surface area contributed by atoms with E-state index < -0.39 is 17.9 Å². The summed E-state index contributed by atoms with van der Waals surface area (Å²) in [6.07, 6.45) is 0. The van der Waals surface area contributed by atoms with E-state index in [0.717, 1.165) is 11.3 Å². The summed E-state index contributed by atoms with van der Waals surface area (Å²) in [4.78, 5) is 26.8. The number of aromatic nitrogens is 1. The highest BCUT2D eigenvalue weighted by Gasteiger charge is 2.18. The number of carbonyl (C=O) groups excluding carboxylic acids is 1. The summed E-state index contributed by atoms with van der Waals surface area (Å²) in [5.41, 5.74) is 0.0858. The second-order valence-electron chi connectivity index (χ2n) is 4.23. The zero-order valence-corrected chi connectivity index (χ0v) is 13.2. The van der Waals surface area contributed by atoms with E-state index in [1.807, 2.05) is 0 Å². The smallest absolute Gasteiger partial charge is 0.355 e. The molecule has 0 aliphatic heterocycles. The predicted octanol–water partition coefficient (Wildman–Crippen LogP) is 2.80. The van der Waals surface area contributed by atoms with Crippen LogP contribution in [-0.2, 0) is 0 Å². The summed E-state index contributed by atoms with van der Waals surface area (Å²) in [5, 5.41) is 23.1. The van der Waals surface area contributed by atoms with Gasteiger partial charge in [-0.05, 0) is 25.1 Å². The van der Waals surface area contributed by atoms with Crippen molar-refractivity contribution in [3.63, 3.8) is 0 Å². The van der Waals surface area contributed by atoms with Crippen molar-refractivity contribution in [2.24, 2.45) is 0 Å². The average Bonchev–Trinajstić information content (AvgIpc) is 2.88. The van der Waals surface area contributed by atoms with Gasteiger partial charge in [-0.25, -0.2) is 9.78 Å². The van der Waals surface area contributed by atoms with Crippen molar-refractivity contribution in [3.8, 4) is 5.75 Å². The minimum absolute atomic E-state index is 0.0532. The molecule has 1 aromatic carbocycles. The van der Waals surface area contributed by atoms with Crippen LogP contribution in [0.5, 0.6) is 5.75 Å².